The molecule has 0 saturated heterocycles. The largest absolute Gasteiger partial charge is 0.478 e. The van der Waals surface area contributed by atoms with Gasteiger partial charge in [-0.3, -0.25) is 15.0 Å². The number of benzene rings is 3. The maximum absolute atomic E-state index is 13.3. The molecule has 0 bridgehead atoms. The summed E-state index contributed by atoms with van der Waals surface area (Å²) in [7, 11) is 0. The molecule has 1 atom stereocenters. The number of carbonyl (C=O) groups excluding carboxylic acids is 2. The van der Waals surface area contributed by atoms with Gasteiger partial charge < -0.3 is 15.2 Å². The smallest absolute Gasteiger partial charge is 0.338 e. The van der Waals surface area contributed by atoms with Gasteiger partial charge in [0.2, 0.25) is 0 Å². The zero-order valence-corrected chi connectivity index (χ0v) is 19.8. The monoisotopic (exact) mass is 501 g/mol. The van der Waals surface area contributed by atoms with Gasteiger partial charge >= 0.3 is 18.0 Å². The van der Waals surface area contributed by atoms with E-state index in [9.17, 15) is 24.5 Å². The van der Waals surface area contributed by atoms with E-state index in [0.717, 1.165) is 5.56 Å². The lowest BCUT2D eigenvalue weighted by molar-refractivity contribution is -0.384. The number of nitro benzene ring substituents is 1. The Labute approximate surface area is 211 Å². The minimum Gasteiger partial charge on any atom is -0.478 e. The minimum absolute atomic E-state index is 0.0219. The number of nitrogens with one attached hydrogen (secondary N) is 1. The Morgan fingerprint density at radius 2 is 1.65 bits per heavy atom. The molecule has 4 rings (SSSR count). The molecule has 188 valence electrons. The van der Waals surface area contributed by atoms with Gasteiger partial charge in [0.25, 0.3) is 5.69 Å². The number of rotatable bonds is 8. The van der Waals surface area contributed by atoms with Crippen LogP contribution in [0.15, 0.2) is 90.1 Å². The van der Waals surface area contributed by atoms with E-state index in [1.54, 1.807) is 19.1 Å². The topological polar surface area (TPSA) is 139 Å². The highest BCUT2D eigenvalue weighted by molar-refractivity contribution is 5.95. The summed E-state index contributed by atoms with van der Waals surface area (Å²) in [6, 6.07) is 19.4. The van der Waals surface area contributed by atoms with Crippen LogP contribution in [0.5, 0.6) is 0 Å². The molecular formula is C27H23N3O7. The first-order valence-electron chi connectivity index (χ1n) is 11.3. The van der Waals surface area contributed by atoms with Crippen molar-refractivity contribution in [3.05, 3.63) is 123 Å². The van der Waals surface area contributed by atoms with Crippen molar-refractivity contribution in [2.24, 2.45) is 0 Å². The SMILES string of the molecule is CC1=C(C(=O)OCc2ccccc2)C(c2ccc([N+](=O)[O-])cc2)NC(=O)N1Cc1ccc(C(=O)O)cc1. The Bertz CT molecular complexity index is 1370. The van der Waals surface area contributed by atoms with Crippen molar-refractivity contribution in [1.29, 1.82) is 0 Å². The summed E-state index contributed by atoms with van der Waals surface area (Å²) < 4.78 is 5.58. The van der Waals surface area contributed by atoms with Crippen LogP contribution in [0, 0.1) is 10.1 Å². The highest BCUT2D eigenvalue weighted by Gasteiger charge is 2.36. The highest BCUT2D eigenvalue weighted by Crippen LogP contribution is 2.33. The molecule has 3 aromatic carbocycles. The summed E-state index contributed by atoms with van der Waals surface area (Å²) in [6.07, 6.45) is 0. The van der Waals surface area contributed by atoms with Crippen LogP contribution in [0.4, 0.5) is 10.5 Å². The van der Waals surface area contributed by atoms with Gasteiger partial charge in [0.15, 0.2) is 0 Å². The van der Waals surface area contributed by atoms with E-state index >= 15 is 0 Å². The molecule has 0 aliphatic carbocycles. The maximum Gasteiger partial charge on any atom is 0.338 e. The zero-order chi connectivity index (χ0) is 26.5. The highest BCUT2D eigenvalue weighted by atomic mass is 16.6. The van der Waals surface area contributed by atoms with Gasteiger partial charge in [-0.05, 0) is 47.9 Å². The number of carbonyl (C=O) groups is 3. The molecule has 1 heterocycles. The molecule has 0 saturated carbocycles. The lowest BCUT2D eigenvalue weighted by atomic mass is 9.94. The molecule has 3 aromatic rings. The van der Waals surface area contributed by atoms with Crippen molar-refractivity contribution >= 4 is 23.7 Å². The third-order valence-corrected chi connectivity index (χ3v) is 6.01. The molecule has 2 N–H and O–H groups in total. The predicted molar refractivity (Wildman–Crippen MR) is 132 cm³/mol. The molecule has 0 aromatic heterocycles. The Morgan fingerprint density at radius 1 is 1.00 bits per heavy atom. The number of amides is 2. The van der Waals surface area contributed by atoms with Crippen LogP contribution in [0.1, 0.15) is 40.0 Å². The van der Waals surface area contributed by atoms with Crippen LogP contribution in [0.3, 0.4) is 0 Å². The molecule has 1 aliphatic heterocycles. The number of hydrogen-bond donors (Lipinski definition) is 2. The molecule has 37 heavy (non-hydrogen) atoms. The molecule has 0 radical (unpaired) electrons. The lowest BCUT2D eigenvalue weighted by Gasteiger charge is -2.35. The van der Waals surface area contributed by atoms with Crippen LogP contribution >= 0.6 is 0 Å². The van der Waals surface area contributed by atoms with Crippen molar-refractivity contribution < 1.29 is 29.2 Å². The van der Waals surface area contributed by atoms with Crippen molar-refractivity contribution in [1.82, 2.24) is 10.2 Å². The van der Waals surface area contributed by atoms with E-state index in [2.05, 4.69) is 5.32 Å². The number of ether oxygens (including phenoxy) is 1. The van der Waals surface area contributed by atoms with Crippen molar-refractivity contribution in [2.75, 3.05) is 0 Å². The minimum atomic E-state index is -1.06. The number of carboxylic acids is 1. The van der Waals surface area contributed by atoms with E-state index in [0.29, 0.717) is 16.8 Å². The number of non-ortho nitro benzene ring substituents is 1. The van der Waals surface area contributed by atoms with Gasteiger partial charge in [-0.2, -0.15) is 0 Å². The first kappa shape index (κ1) is 25.1. The number of carboxylic acid groups (broad SMARTS) is 1. The average Bonchev–Trinajstić information content (AvgIpc) is 2.90. The van der Waals surface area contributed by atoms with E-state index in [4.69, 9.17) is 9.84 Å². The van der Waals surface area contributed by atoms with Crippen molar-refractivity contribution in [3.63, 3.8) is 0 Å². The maximum atomic E-state index is 13.3. The summed E-state index contributed by atoms with van der Waals surface area (Å²) in [5.74, 6) is -1.70. The number of hydrogen-bond acceptors (Lipinski definition) is 6. The van der Waals surface area contributed by atoms with Gasteiger partial charge in [-0.1, -0.05) is 42.5 Å². The molecule has 10 heteroatoms. The molecule has 1 aliphatic rings. The average molecular weight is 501 g/mol. The fraction of sp³-hybridized carbons (Fsp3) is 0.148. The van der Waals surface area contributed by atoms with Gasteiger partial charge in [0.1, 0.15) is 6.61 Å². The van der Waals surface area contributed by atoms with Gasteiger partial charge in [0.05, 0.1) is 28.6 Å². The number of aromatic carboxylic acids is 1. The fourth-order valence-electron chi connectivity index (χ4n) is 4.01. The van der Waals surface area contributed by atoms with E-state index in [1.807, 2.05) is 30.3 Å². The summed E-state index contributed by atoms with van der Waals surface area (Å²) in [4.78, 5) is 49.5. The first-order chi connectivity index (χ1) is 17.7. The van der Waals surface area contributed by atoms with Crippen LogP contribution in [-0.4, -0.2) is 32.9 Å². The van der Waals surface area contributed by atoms with Gasteiger partial charge in [-0.15, -0.1) is 0 Å². The first-order valence-corrected chi connectivity index (χ1v) is 11.3. The number of urea groups is 1. The Kier molecular flexibility index (Phi) is 7.28. The Morgan fingerprint density at radius 3 is 2.24 bits per heavy atom. The predicted octanol–water partition coefficient (Wildman–Crippen LogP) is 4.58. The molecule has 1 unspecified atom stereocenters. The molecular weight excluding hydrogens is 478 g/mol. The van der Waals surface area contributed by atoms with Gasteiger partial charge in [0, 0.05) is 17.8 Å². The van der Waals surface area contributed by atoms with Crippen LogP contribution in [0.2, 0.25) is 0 Å². The second-order valence-electron chi connectivity index (χ2n) is 8.38. The summed E-state index contributed by atoms with van der Waals surface area (Å²) in [6.45, 7) is 1.73. The summed E-state index contributed by atoms with van der Waals surface area (Å²) in [5.41, 5.74) is 2.46. The molecule has 0 spiro atoms. The molecule has 0 fully saturated rings. The van der Waals surface area contributed by atoms with Crippen molar-refractivity contribution in [3.8, 4) is 0 Å². The van der Waals surface area contributed by atoms with Crippen LogP contribution in [0.25, 0.3) is 0 Å². The van der Waals surface area contributed by atoms with E-state index in [-0.39, 0.29) is 30.0 Å². The third kappa shape index (κ3) is 5.64. The molecule has 10 nitrogen and oxygen atoms in total. The summed E-state index contributed by atoms with van der Waals surface area (Å²) >= 11 is 0. The Balaban J connectivity index is 1.67. The third-order valence-electron chi connectivity index (χ3n) is 6.01. The van der Waals surface area contributed by atoms with Crippen LogP contribution < -0.4 is 5.32 Å². The quantitative estimate of drug-likeness (QED) is 0.262. The van der Waals surface area contributed by atoms with E-state index < -0.39 is 28.9 Å². The normalized spacial score (nSPS) is 15.2. The second-order valence-corrected chi connectivity index (χ2v) is 8.38. The lowest BCUT2D eigenvalue weighted by Crippen LogP contribution is -2.47. The second kappa shape index (κ2) is 10.7. The number of allylic oxidation sites excluding steroid dienone is 1. The van der Waals surface area contributed by atoms with Crippen molar-refractivity contribution in [2.45, 2.75) is 26.1 Å². The van der Waals surface area contributed by atoms with Gasteiger partial charge in [-0.25, -0.2) is 14.4 Å². The molecule has 2 amide bonds. The standard InChI is InChI=1S/C27H23N3O7/c1-17-23(26(33)37-16-19-5-3-2-4-6-19)24(20-11-13-22(14-12-20)30(35)36)28-27(34)29(17)15-18-7-9-21(10-8-18)25(31)32/h2-14,24H,15-16H2,1H3,(H,28,34)(H,31,32). The number of esters is 1. The Hall–Kier alpha value is -4.99. The number of nitrogens with zero attached hydrogens (tertiary/aromatic N) is 2. The van der Waals surface area contributed by atoms with E-state index in [1.165, 1.54) is 41.3 Å². The number of nitro groups is 1. The fourth-order valence-corrected chi connectivity index (χ4v) is 4.01. The zero-order valence-electron chi connectivity index (χ0n) is 19.8. The van der Waals surface area contributed by atoms with Crippen LogP contribution in [-0.2, 0) is 22.7 Å². The summed E-state index contributed by atoms with van der Waals surface area (Å²) in [5, 5.41) is 23.0.